The van der Waals surface area contributed by atoms with Crippen molar-refractivity contribution < 1.29 is 19.1 Å². The molecule has 28 heavy (non-hydrogen) atoms. The summed E-state index contributed by atoms with van der Waals surface area (Å²) in [6.45, 7) is 6.33. The van der Waals surface area contributed by atoms with Crippen molar-refractivity contribution in [2.75, 3.05) is 14.2 Å². The molecule has 0 unspecified atom stereocenters. The van der Waals surface area contributed by atoms with Crippen LogP contribution in [0.25, 0.3) is 0 Å². The van der Waals surface area contributed by atoms with Crippen LogP contribution in [0.15, 0.2) is 68.6 Å². The second kappa shape index (κ2) is 9.85. The van der Waals surface area contributed by atoms with Gasteiger partial charge in [0.05, 0.1) is 25.3 Å². The van der Waals surface area contributed by atoms with Crippen molar-refractivity contribution in [2.24, 2.45) is 5.41 Å². The van der Waals surface area contributed by atoms with Gasteiger partial charge < -0.3 is 9.47 Å². The Bertz CT molecular complexity index is 882. The SMILES string of the molecule is COC(=O)c1ccccc1S/C=C(\Sc1ccccc1C(=O)OC)C(C)(C)C. The summed E-state index contributed by atoms with van der Waals surface area (Å²) in [5.41, 5.74) is 0.908. The van der Waals surface area contributed by atoms with Gasteiger partial charge in [0.1, 0.15) is 0 Å². The molecule has 0 amide bonds. The van der Waals surface area contributed by atoms with Crippen molar-refractivity contribution in [3.05, 3.63) is 70.0 Å². The largest absolute Gasteiger partial charge is 0.465 e. The average Bonchev–Trinajstić information content (AvgIpc) is 2.69. The normalized spacial score (nSPS) is 11.8. The van der Waals surface area contributed by atoms with E-state index in [1.165, 1.54) is 37.7 Å². The van der Waals surface area contributed by atoms with Gasteiger partial charge in [-0.05, 0) is 35.1 Å². The number of hydrogen-bond acceptors (Lipinski definition) is 6. The lowest BCUT2D eigenvalue weighted by molar-refractivity contribution is 0.0588. The monoisotopic (exact) mass is 416 g/mol. The highest BCUT2D eigenvalue weighted by Crippen LogP contribution is 2.43. The van der Waals surface area contributed by atoms with Crippen molar-refractivity contribution in [1.29, 1.82) is 0 Å². The summed E-state index contributed by atoms with van der Waals surface area (Å²) < 4.78 is 9.77. The van der Waals surface area contributed by atoms with Gasteiger partial charge in [-0.25, -0.2) is 9.59 Å². The number of methoxy groups -OCH3 is 2. The highest BCUT2D eigenvalue weighted by Gasteiger charge is 2.22. The van der Waals surface area contributed by atoms with E-state index in [9.17, 15) is 9.59 Å². The predicted molar refractivity (Wildman–Crippen MR) is 115 cm³/mol. The summed E-state index contributed by atoms with van der Waals surface area (Å²) >= 11 is 2.99. The Balaban J connectivity index is 2.37. The van der Waals surface area contributed by atoms with Gasteiger partial charge in [-0.3, -0.25) is 0 Å². The quantitative estimate of drug-likeness (QED) is 0.423. The zero-order chi connectivity index (χ0) is 20.7. The van der Waals surface area contributed by atoms with Crippen LogP contribution < -0.4 is 0 Å². The number of ether oxygens (including phenoxy) is 2. The Morgan fingerprint density at radius 1 is 0.821 bits per heavy atom. The van der Waals surface area contributed by atoms with Crippen LogP contribution in [0.2, 0.25) is 0 Å². The topological polar surface area (TPSA) is 52.6 Å². The lowest BCUT2D eigenvalue weighted by atomic mass is 9.97. The molecule has 148 valence electrons. The van der Waals surface area contributed by atoms with Crippen LogP contribution in [0.1, 0.15) is 41.5 Å². The van der Waals surface area contributed by atoms with Gasteiger partial charge in [0, 0.05) is 14.7 Å². The smallest absolute Gasteiger partial charge is 0.339 e. The summed E-state index contributed by atoms with van der Waals surface area (Å²) in [5.74, 6) is -0.724. The molecule has 0 fully saturated rings. The average molecular weight is 417 g/mol. The first kappa shape index (κ1) is 22.1. The van der Waals surface area contributed by atoms with Crippen LogP contribution in [-0.4, -0.2) is 26.2 Å². The molecule has 2 aromatic rings. The molecule has 0 spiro atoms. The summed E-state index contributed by atoms with van der Waals surface area (Å²) in [7, 11) is 2.75. The van der Waals surface area contributed by atoms with Crippen LogP contribution in [0.4, 0.5) is 0 Å². The van der Waals surface area contributed by atoms with Gasteiger partial charge >= 0.3 is 11.9 Å². The molecule has 0 bridgehead atoms. The van der Waals surface area contributed by atoms with E-state index in [0.717, 1.165) is 14.7 Å². The van der Waals surface area contributed by atoms with Crippen LogP contribution in [-0.2, 0) is 9.47 Å². The number of allylic oxidation sites excluding steroid dienone is 1. The standard InChI is InChI=1S/C22H24O4S2/c1-22(2,3)19(28-18-13-9-7-11-16(18)21(24)26-5)14-27-17-12-8-6-10-15(17)20(23)25-4/h6-14H,1-5H3/b19-14-. The minimum absolute atomic E-state index is 0.152. The molecule has 0 saturated heterocycles. The number of esters is 2. The first-order chi connectivity index (χ1) is 13.3. The van der Waals surface area contributed by atoms with Crippen molar-refractivity contribution >= 4 is 35.5 Å². The number of benzene rings is 2. The predicted octanol–water partition coefficient (Wildman–Crippen LogP) is 6.03. The Morgan fingerprint density at radius 2 is 1.29 bits per heavy atom. The molecule has 2 rings (SSSR count). The minimum atomic E-state index is -0.363. The molecule has 0 radical (unpaired) electrons. The van der Waals surface area contributed by atoms with E-state index in [1.54, 1.807) is 12.1 Å². The fraction of sp³-hybridized carbons (Fsp3) is 0.273. The summed E-state index contributed by atoms with van der Waals surface area (Å²) in [6.07, 6.45) is 0. The number of carbonyl (C=O) groups excluding carboxylic acids is 2. The lowest BCUT2D eigenvalue weighted by Crippen LogP contribution is -2.08. The van der Waals surface area contributed by atoms with E-state index >= 15 is 0 Å². The van der Waals surface area contributed by atoms with Gasteiger partial charge in [0.2, 0.25) is 0 Å². The van der Waals surface area contributed by atoms with E-state index in [1.807, 2.05) is 41.8 Å². The Morgan fingerprint density at radius 3 is 1.79 bits per heavy atom. The van der Waals surface area contributed by atoms with Crippen molar-refractivity contribution in [3.63, 3.8) is 0 Å². The van der Waals surface area contributed by atoms with Crippen molar-refractivity contribution in [2.45, 2.75) is 30.6 Å². The Hall–Kier alpha value is -2.18. The third kappa shape index (κ3) is 5.66. The van der Waals surface area contributed by atoms with Gasteiger partial charge in [-0.2, -0.15) is 0 Å². The molecule has 0 heterocycles. The van der Waals surface area contributed by atoms with Crippen LogP contribution in [0, 0.1) is 5.41 Å². The zero-order valence-electron chi connectivity index (χ0n) is 16.6. The number of hydrogen-bond donors (Lipinski definition) is 0. The second-order valence-electron chi connectivity index (χ2n) is 6.93. The highest BCUT2D eigenvalue weighted by atomic mass is 32.2. The summed E-state index contributed by atoms with van der Waals surface area (Å²) in [5, 5.41) is 2.03. The summed E-state index contributed by atoms with van der Waals surface area (Å²) in [4.78, 5) is 26.8. The van der Waals surface area contributed by atoms with E-state index in [2.05, 4.69) is 20.8 Å². The van der Waals surface area contributed by atoms with Gasteiger partial charge in [-0.15, -0.1) is 0 Å². The maximum atomic E-state index is 12.1. The van der Waals surface area contributed by atoms with Gasteiger partial charge in [0.25, 0.3) is 0 Å². The summed E-state index contributed by atoms with van der Waals surface area (Å²) in [6, 6.07) is 14.7. The minimum Gasteiger partial charge on any atom is -0.465 e. The lowest BCUT2D eigenvalue weighted by Gasteiger charge is -2.23. The molecule has 0 aliphatic carbocycles. The van der Waals surface area contributed by atoms with E-state index in [-0.39, 0.29) is 17.4 Å². The molecule has 0 atom stereocenters. The van der Waals surface area contributed by atoms with Crippen molar-refractivity contribution in [3.8, 4) is 0 Å². The third-order valence-corrected chi connectivity index (χ3v) is 6.48. The first-order valence-corrected chi connectivity index (χ1v) is 10.4. The third-order valence-electron chi connectivity index (χ3n) is 3.84. The molecule has 4 nitrogen and oxygen atoms in total. The maximum absolute atomic E-state index is 12.1. The number of carbonyl (C=O) groups is 2. The van der Waals surface area contributed by atoms with E-state index in [0.29, 0.717) is 11.1 Å². The second-order valence-corrected chi connectivity index (χ2v) is 8.92. The van der Waals surface area contributed by atoms with Gasteiger partial charge in [0.15, 0.2) is 0 Å². The fourth-order valence-corrected chi connectivity index (χ4v) is 4.58. The van der Waals surface area contributed by atoms with Crippen molar-refractivity contribution in [1.82, 2.24) is 0 Å². The zero-order valence-corrected chi connectivity index (χ0v) is 18.3. The van der Waals surface area contributed by atoms with Gasteiger partial charge in [-0.1, -0.05) is 68.6 Å². The highest BCUT2D eigenvalue weighted by molar-refractivity contribution is 8.06. The molecular formula is C22H24O4S2. The molecule has 6 heteroatoms. The Kier molecular flexibility index (Phi) is 7.78. The maximum Gasteiger partial charge on any atom is 0.339 e. The first-order valence-electron chi connectivity index (χ1n) is 8.67. The number of rotatable bonds is 6. The van der Waals surface area contributed by atoms with E-state index in [4.69, 9.17) is 9.47 Å². The van der Waals surface area contributed by atoms with Crippen LogP contribution in [0.5, 0.6) is 0 Å². The molecule has 0 N–H and O–H groups in total. The van der Waals surface area contributed by atoms with Crippen LogP contribution >= 0.6 is 23.5 Å². The molecule has 0 aromatic heterocycles. The molecular weight excluding hydrogens is 392 g/mol. The molecule has 0 aliphatic rings. The number of thioether (sulfide) groups is 2. The van der Waals surface area contributed by atoms with Crippen LogP contribution in [0.3, 0.4) is 0 Å². The molecule has 2 aromatic carbocycles. The molecule has 0 aliphatic heterocycles. The fourth-order valence-electron chi connectivity index (χ4n) is 2.27. The van der Waals surface area contributed by atoms with E-state index < -0.39 is 0 Å². The Labute approximate surface area is 174 Å². The molecule has 0 saturated carbocycles.